The molecule has 2 aromatic carbocycles. The normalized spacial score (nSPS) is 11.0. The van der Waals surface area contributed by atoms with Gasteiger partial charge in [0, 0.05) is 0 Å². The molecule has 2 heterocycles. The molecule has 7 heteroatoms. The van der Waals surface area contributed by atoms with Gasteiger partial charge in [-0.2, -0.15) is 5.10 Å². The van der Waals surface area contributed by atoms with Gasteiger partial charge in [-0.25, -0.2) is 0 Å². The Bertz CT molecular complexity index is 1330. The molecule has 4 aromatic rings. The van der Waals surface area contributed by atoms with Gasteiger partial charge in [0.25, 0.3) is 5.91 Å². The maximum atomic E-state index is 13.2. The molecular formula is C27H30N4O3. The Morgan fingerprint density at radius 2 is 1.71 bits per heavy atom. The topological polar surface area (TPSA) is 82.2 Å². The minimum Gasteiger partial charge on any atom is -0.488 e. The van der Waals surface area contributed by atoms with Crippen molar-refractivity contribution >= 4 is 11.6 Å². The van der Waals surface area contributed by atoms with E-state index in [0.717, 1.165) is 28.3 Å². The lowest BCUT2D eigenvalue weighted by molar-refractivity contribution is 0.101. The summed E-state index contributed by atoms with van der Waals surface area (Å²) in [6.45, 7) is 12.5. The van der Waals surface area contributed by atoms with Crippen LogP contribution in [0.1, 0.15) is 55.5 Å². The number of amides is 1. The van der Waals surface area contributed by atoms with E-state index < -0.39 is 0 Å². The second-order valence-corrected chi connectivity index (χ2v) is 8.77. The van der Waals surface area contributed by atoms with Crippen LogP contribution < -0.4 is 10.1 Å². The van der Waals surface area contributed by atoms with Crippen molar-refractivity contribution in [1.29, 1.82) is 0 Å². The van der Waals surface area contributed by atoms with E-state index in [1.807, 2.05) is 44.5 Å². The average Bonchev–Trinajstić information content (AvgIpc) is 3.29. The molecule has 0 saturated heterocycles. The summed E-state index contributed by atoms with van der Waals surface area (Å²) >= 11 is 0. The van der Waals surface area contributed by atoms with Crippen LogP contribution in [0.15, 0.2) is 47.0 Å². The summed E-state index contributed by atoms with van der Waals surface area (Å²) in [7, 11) is 0. The molecule has 1 amide bonds. The van der Waals surface area contributed by atoms with Crippen LogP contribution in [0.4, 0.5) is 5.69 Å². The highest BCUT2D eigenvalue weighted by atomic mass is 16.5. The average molecular weight is 459 g/mol. The molecule has 0 fully saturated rings. The van der Waals surface area contributed by atoms with Crippen molar-refractivity contribution in [3.8, 4) is 5.75 Å². The molecule has 0 spiro atoms. The van der Waals surface area contributed by atoms with Crippen LogP contribution in [0.5, 0.6) is 5.75 Å². The van der Waals surface area contributed by atoms with Gasteiger partial charge in [0.05, 0.1) is 29.2 Å². The summed E-state index contributed by atoms with van der Waals surface area (Å²) in [5.41, 5.74) is 7.70. The van der Waals surface area contributed by atoms with Crippen molar-refractivity contribution in [2.75, 3.05) is 5.32 Å². The number of carbonyl (C=O) groups excluding carboxylic acids is 1. The predicted molar refractivity (Wildman–Crippen MR) is 131 cm³/mol. The Balaban J connectivity index is 1.51. The first-order valence-corrected chi connectivity index (χ1v) is 11.3. The largest absolute Gasteiger partial charge is 0.488 e. The standard InChI is InChI=1S/C27H30N4O3/c1-16-7-10-22(11-8-16)14-31-20(5)25(19(4)29-31)28-27(32)26-23(21(6)34-30-26)15-33-24-12-9-17(2)13-18(24)3/h7-13H,14-15H2,1-6H3,(H,28,32). The van der Waals surface area contributed by atoms with Crippen LogP contribution >= 0.6 is 0 Å². The lowest BCUT2D eigenvalue weighted by atomic mass is 10.1. The number of aryl methyl sites for hydroxylation is 5. The fraction of sp³-hybridized carbons (Fsp3) is 0.296. The number of rotatable bonds is 7. The molecule has 0 atom stereocenters. The molecule has 0 saturated carbocycles. The highest BCUT2D eigenvalue weighted by molar-refractivity contribution is 6.04. The van der Waals surface area contributed by atoms with Gasteiger partial charge in [0.2, 0.25) is 0 Å². The van der Waals surface area contributed by atoms with Gasteiger partial charge in [0.1, 0.15) is 18.1 Å². The van der Waals surface area contributed by atoms with Crippen molar-refractivity contribution in [1.82, 2.24) is 14.9 Å². The van der Waals surface area contributed by atoms with E-state index in [9.17, 15) is 4.79 Å². The molecular weight excluding hydrogens is 428 g/mol. The molecule has 1 N–H and O–H groups in total. The smallest absolute Gasteiger partial charge is 0.278 e. The first-order valence-electron chi connectivity index (χ1n) is 11.3. The summed E-state index contributed by atoms with van der Waals surface area (Å²) in [5.74, 6) is 0.970. The highest BCUT2D eigenvalue weighted by Gasteiger charge is 2.23. The van der Waals surface area contributed by atoms with E-state index in [-0.39, 0.29) is 18.2 Å². The van der Waals surface area contributed by atoms with Gasteiger partial charge in [0.15, 0.2) is 5.69 Å². The molecule has 0 aliphatic heterocycles. The zero-order valence-electron chi connectivity index (χ0n) is 20.5. The molecule has 0 bridgehead atoms. The first-order chi connectivity index (χ1) is 16.2. The molecule has 4 rings (SSSR count). The van der Waals surface area contributed by atoms with Gasteiger partial charge in [-0.3, -0.25) is 9.48 Å². The zero-order valence-corrected chi connectivity index (χ0v) is 20.5. The van der Waals surface area contributed by atoms with Gasteiger partial charge in [-0.1, -0.05) is 52.7 Å². The Kier molecular flexibility index (Phi) is 6.54. The Labute approximate surface area is 199 Å². The van der Waals surface area contributed by atoms with E-state index in [4.69, 9.17) is 9.26 Å². The van der Waals surface area contributed by atoms with Gasteiger partial charge < -0.3 is 14.6 Å². The summed E-state index contributed by atoms with van der Waals surface area (Å²) in [5, 5.41) is 11.6. The van der Waals surface area contributed by atoms with Crippen LogP contribution in [0.25, 0.3) is 0 Å². The van der Waals surface area contributed by atoms with E-state index in [2.05, 4.69) is 52.8 Å². The minimum absolute atomic E-state index is 0.187. The maximum absolute atomic E-state index is 13.2. The zero-order chi connectivity index (χ0) is 24.4. The van der Waals surface area contributed by atoms with Crippen molar-refractivity contribution in [2.24, 2.45) is 0 Å². The lowest BCUT2D eigenvalue weighted by Gasteiger charge is -2.10. The second-order valence-electron chi connectivity index (χ2n) is 8.77. The Morgan fingerprint density at radius 3 is 2.41 bits per heavy atom. The number of hydrogen-bond donors (Lipinski definition) is 1. The van der Waals surface area contributed by atoms with E-state index in [1.54, 1.807) is 6.92 Å². The van der Waals surface area contributed by atoms with Crippen LogP contribution in [0, 0.1) is 41.5 Å². The van der Waals surface area contributed by atoms with Crippen molar-refractivity contribution in [3.63, 3.8) is 0 Å². The molecule has 0 aliphatic rings. The summed E-state index contributed by atoms with van der Waals surface area (Å²) in [4.78, 5) is 13.2. The van der Waals surface area contributed by atoms with E-state index >= 15 is 0 Å². The van der Waals surface area contributed by atoms with Gasteiger partial charge in [-0.05, 0) is 58.7 Å². The number of aromatic nitrogens is 3. The highest BCUT2D eigenvalue weighted by Crippen LogP contribution is 2.25. The quantitative estimate of drug-likeness (QED) is 0.390. The van der Waals surface area contributed by atoms with Crippen LogP contribution in [-0.2, 0) is 13.2 Å². The van der Waals surface area contributed by atoms with Crippen molar-refractivity contribution in [3.05, 3.63) is 93.1 Å². The predicted octanol–water partition coefficient (Wildman–Crippen LogP) is 5.60. The third kappa shape index (κ3) is 4.88. The summed E-state index contributed by atoms with van der Waals surface area (Å²) < 4.78 is 13.2. The second kappa shape index (κ2) is 9.55. The molecule has 0 aliphatic carbocycles. The maximum Gasteiger partial charge on any atom is 0.278 e. The third-order valence-corrected chi connectivity index (χ3v) is 5.98. The number of benzene rings is 2. The Morgan fingerprint density at radius 1 is 1.00 bits per heavy atom. The molecule has 0 radical (unpaired) electrons. The van der Waals surface area contributed by atoms with Crippen LogP contribution in [-0.4, -0.2) is 20.8 Å². The van der Waals surface area contributed by atoms with Crippen molar-refractivity contribution < 1.29 is 14.1 Å². The fourth-order valence-electron chi connectivity index (χ4n) is 3.92. The van der Waals surface area contributed by atoms with E-state index in [1.165, 1.54) is 11.1 Å². The lowest BCUT2D eigenvalue weighted by Crippen LogP contribution is -2.16. The first kappa shape index (κ1) is 23.3. The van der Waals surface area contributed by atoms with Gasteiger partial charge >= 0.3 is 0 Å². The van der Waals surface area contributed by atoms with Crippen LogP contribution in [0.3, 0.4) is 0 Å². The van der Waals surface area contributed by atoms with E-state index in [0.29, 0.717) is 23.6 Å². The SMILES string of the molecule is Cc1ccc(Cn2nc(C)c(NC(=O)c3noc(C)c3COc3ccc(C)cc3C)c2C)cc1. The minimum atomic E-state index is -0.350. The number of nitrogens with one attached hydrogen (secondary N) is 1. The third-order valence-electron chi connectivity index (χ3n) is 5.98. The summed E-state index contributed by atoms with van der Waals surface area (Å²) in [6.07, 6.45) is 0. The molecule has 7 nitrogen and oxygen atoms in total. The molecule has 0 unspecified atom stereocenters. The number of ether oxygens (including phenoxy) is 1. The van der Waals surface area contributed by atoms with Crippen LogP contribution in [0.2, 0.25) is 0 Å². The number of anilines is 1. The number of carbonyl (C=O) groups is 1. The monoisotopic (exact) mass is 458 g/mol. The van der Waals surface area contributed by atoms with Crippen molar-refractivity contribution in [2.45, 2.75) is 54.7 Å². The number of nitrogens with zero attached hydrogens (tertiary/aromatic N) is 3. The molecule has 176 valence electrons. The molecule has 34 heavy (non-hydrogen) atoms. The number of hydrogen-bond acceptors (Lipinski definition) is 5. The molecule has 2 aromatic heterocycles. The summed E-state index contributed by atoms with van der Waals surface area (Å²) in [6, 6.07) is 14.3. The fourth-order valence-corrected chi connectivity index (χ4v) is 3.92. The Hall–Kier alpha value is -3.87. The van der Waals surface area contributed by atoms with Gasteiger partial charge in [-0.15, -0.1) is 0 Å².